The molecule has 1 aromatic heterocycles. The van der Waals surface area contributed by atoms with Crippen LogP contribution in [0.2, 0.25) is 0 Å². The van der Waals surface area contributed by atoms with Crippen molar-refractivity contribution in [2.24, 2.45) is 0 Å². The lowest BCUT2D eigenvalue weighted by Crippen LogP contribution is -2.21. The van der Waals surface area contributed by atoms with Gasteiger partial charge in [0, 0.05) is 14.2 Å². The quantitative estimate of drug-likeness (QED) is 0.784. The fourth-order valence-corrected chi connectivity index (χ4v) is 4.81. The van der Waals surface area contributed by atoms with Gasteiger partial charge in [-0.15, -0.1) is 23.1 Å². The van der Waals surface area contributed by atoms with Gasteiger partial charge in [-0.3, -0.25) is 0 Å². The molecule has 0 bridgehead atoms. The van der Waals surface area contributed by atoms with Crippen LogP contribution < -0.4 is 5.32 Å². The minimum Gasteiger partial charge on any atom is -0.312 e. The Balaban J connectivity index is 1.69. The van der Waals surface area contributed by atoms with Gasteiger partial charge in [0.2, 0.25) is 0 Å². The molecule has 1 heterocycles. The lowest BCUT2D eigenvalue weighted by molar-refractivity contribution is 0.489. The highest BCUT2D eigenvalue weighted by molar-refractivity contribution is 9.10. The number of benzene rings is 1. The van der Waals surface area contributed by atoms with Gasteiger partial charge >= 0.3 is 0 Å². The molecule has 0 fully saturated rings. The third-order valence-electron chi connectivity index (χ3n) is 3.52. The number of hydrogen-bond donors (Lipinski definition) is 1. The van der Waals surface area contributed by atoms with Gasteiger partial charge in [-0.25, -0.2) is 4.98 Å². The number of fused-ring (bicyclic) bond motifs is 1. The number of nitrogens with zero attached hydrogens (tertiary/aromatic N) is 1. The largest absolute Gasteiger partial charge is 0.312 e. The van der Waals surface area contributed by atoms with Crippen LogP contribution in [0.15, 0.2) is 33.6 Å². The molecule has 1 aliphatic carbocycles. The van der Waals surface area contributed by atoms with Crippen LogP contribution in [0.5, 0.6) is 0 Å². The Hall–Kier alpha value is -0.360. The summed E-state index contributed by atoms with van der Waals surface area (Å²) in [6.45, 7) is 0. The highest BCUT2D eigenvalue weighted by atomic mass is 79.9. The molecular weight excluding hydrogens is 352 g/mol. The van der Waals surface area contributed by atoms with Crippen molar-refractivity contribution in [2.45, 2.75) is 36.0 Å². The first-order valence-electron chi connectivity index (χ1n) is 6.80. The Labute approximate surface area is 136 Å². The molecule has 0 saturated heterocycles. The van der Waals surface area contributed by atoms with Crippen molar-refractivity contribution in [3.63, 3.8) is 0 Å². The second kappa shape index (κ2) is 6.60. The molecule has 0 radical (unpaired) electrons. The Bertz CT molecular complexity index is 580. The van der Waals surface area contributed by atoms with E-state index in [0.717, 1.165) is 10.2 Å². The van der Waals surface area contributed by atoms with Crippen LogP contribution in [0.3, 0.4) is 0 Å². The van der Waals surface area contributed by atoms with E-state index in [0.29, 0.717) is 6.04 Å². The molecule has 5 heteroatoms. The molecule has 0 amide bonds. The van der Waals surface area contributed by atoms with Gasteiger partial charge in [0.15, 0.2) is 0 Å². The molecule has 0 spiro atoms. The van der Waals surface area contributed by atoms with E-state index in [9.17, 15) is 0 Å². The van der Waals surface area contributed by atoms with Crippen molar-refractivity contribution in [1.82, 2.24) is 10.3 Å². The topological polar surface area (TPSA) is 24.9 Å². The zero-order valence-electron chi connectivity index (χ0n) is 11.4. The third-order valence-corrected chi connectivity index (χ3v) is 6.39. The summed E-state index contributed by atoms with van der Waals surface area (Å²) >= 11 is 7.22. The van der Waals surface area contributed by atoms with Crippen LogP contribution in [0.1, 0.15) is 34.5 Å². The Morgan fingerprint density at radius 2 is 2.20 bits per heavy atom. The van der Waals surface area contributed by atoms with Crippen molar-refractivity contribution in [3.05, 3.63) is 44.3 Å². The first-order chi connectivity index (χ1) is 9.76. The maximum absolute atomic E-state index is 4.86. The summed E-state index contributed by atoms with van der Waals surface area (Å²) in [5.74, 6) is 0.968. The average molecular weight is 369 g/mol. The summed E-state index contributed by atoms with van der Waals surface area (Å²) in [7, 11) is 2.04. The summed E-state index contributed by atoms with van der Waals surface area (Å²) in [4.78, 5) is 7.65. The minimum atomic E-state index is 0.460. The summed E-state index contributed by atoms with van der Waals surface area (Å²) < 4.78 is 1.13. The average Bonchev–Trinajstić information content (AvgIpc) is 2.89. The van der Waals surface area contributed by atoms with Gasteiger partial charge in [-0.1, -0.05) is 15.9 Å². The second-order valence-corrected chi connectivity index (χ2v) is 8.02. The van der Waals surface area contributed by atoms with Crippen molar-refractivity contribution >= 4 is 39.0 Å². The normalized spacial score (nSPS) is 18.0. The van der Waals surface area contributed by atoms with Crippen LogP contribution in [0.4, 0.5) is 0 Å². The first kappa shape index (κ1) is 14.6. The number of aryl methyl sites for hydroxylation is 1. The maximum atomic E-state index is 4.86. The molecule has 1 N–H and O–H groups in total. The Morgan fingerprint density at radius 3 is 2.95 bits per heavy atom. The van der Waals surface area contributed by atoms with Crippen LogP contribution in [-0.4, -0.2) is 12.0 Å². The third kappa shape index (κ3) is 3.27. The summed E-state index contributed by atoms with van der Waals surface area (Å²) in [5, 5.41) is 4.64. The van der Waals surface area contributed by atoms with Crippen LogP contribution in [-0.2, 0) is 12.2 Å². The van der Waals surface area contributed by atoms with Crippen molar-refractivity contribution in [1.29, 1.82) is 0 Å². The first-order valence-corrected chi connectivity index (χ1v) is 9.40. The van der Waals surface area contributed by atoms with Crippen molar-refractivity contribution < 1.29 is 0 Å². The smallest absolute Gasteiger partial charge is 0.103 e. The van der Waals surface area contributed by atoms with Gasteiger partial charge in [-0.05, 0) is 50.6 Å². The predicted molar refractivity (Wildman–Crippen MR) is 90.6 cm³/mol. The van der Waals surface area contributed by atoms with E-state index in [1.165, 1.54) is 39.7 Å². The fraction of sp³-hybridized carbons (Fsp3) is 0.400. The number of thiazole rings is 1. The molecule has 0 saturated carbocycles. The SMILES string of the molecule is CNC1CCCc2sc(CSc3ccc(Br)cc3)nc21. The molecule has 3 rings (SSSR count). The van der Waals surface area contributed by atoms with Crippen molar-refractivity contribution in [2.75, 3.05) is 7.05 Å². The van der Waals surface area contributed by atoms with E-state index in [-0.39, 0.29) is 0 Å². The molecule has 1 atom stereocenters. The monoisotopic (exact) mass is 368 g/mol. The molecule has 106 valence electrons. The van der Waals surface area contributed by atoms with Gasteiger partial charge in [-0.2, -0.15) is 0 Å². The molecule has 2 aromatic rings. The predicted octanol–water partition coefficient (Wildman–Crippen LogP) is 4.79. The number of aromatic nitrogens is 1. The zero-order valence-corrected chi connectivity index (χ0v) is 14.6. The highest BCUT2D eigenvalue weighted by Gasteiger charge is 2.23. The lowest BCUT2D eigenvalue weighted by atomic mass is 9.98. The second-order valence-electron chi connectivity index (χ2n) is 4.89. The Kier molecular flexibility index (Phi) is 4.81. The minimum absolute atomic E-state index is 0.460. The maximum Gasteiger partial charge on any atom is 0.103 e. The number of halogens is 1. The van der Waals surface area contributed by atoms with Crippen LogP contribution >= 0.6 is 39.0 Å². The number of thioether (sulfide) groups is 1. The van der Waals surface area contributed by atoms with E-state index < -0.39 is 0 Å². The van der Waals surface area contributed by atoms with Crippen LogP contribution in [0, 0.1) is 0 Å². The van der Waals surface area contributed by atoms with E-state index in [1.54, 1.807) is 0 Å². The highest BCUT2D eigenvalue weighted by Crippen LogP contribution is 2.35. The van der Waals surface area contributed by atoms with E-state index in [1.807, 2.05) is 30.1 Å². The zero-order chi connectivity index (χ0) is 13.9. The molecule has 2 nitrogen and oxygen atoms in total. The van der Waals surface area contributed by atoms with E-state index >= 15 is 0 Å². The van der Waals surface area contributed by atoms with E-state index in [4.69, 9.17) is 4.98 Å². The van der Waals surface area contributed by atoms with Gasteiger partial charge in [0.05, 0.1) is 17.5 Å². The Morgan fingerprint density at radius 1 is 1.40 bits per heavy atom. The fourth-order valence-electron chi connectivity index (χ4n) is 2.49. The molecule has 1 unspecified atom stereocenters. The van der Waals surface area contributed by atoms with Gasteiger partial charge in [0.1, 0.15) is 5.01 Å². The standard InChI is InChI=1S/C15H17BrN2S2/c1-17-12-3-2-4-13-15(12)18-14(20-13)9-19-11-7-5-10(16)6-8-11/h5-8,12,17H,2-4,9H2,1H3. The number of nitrogens with one attached hydrogen (secondary N) is 1. The lowest BCUT2D eigenvalue weighted by Gasteiger charge is -2.19. The summed E-state index contributed by atoms with van der Waals surface area (Å²) in [5.41, 5.74) is 1.30. The summed E-state index contributed by atoms with van der Waals surface area (Å²) in [6.07, 6.45) is 3.70. The van der Waals surface area contributed by atoms with Crippen LogP contribution in [0.25, 0.3) is 0 Å². The molecule has 1 aliphatic rings. The van der Waals surface area contributed by atoms with Gasteiger partial charge < -0.3 is 5.32 Å². The van der Waals surface area contributed by atoms with E-state index in [2.05, 4.69) is 45.5 Å². The van der Waals surface area contributed by atoms with Gasteiger partial charge in [0.25, 0.3) is 0 Å². The number of rotatable bonds is 4. The summed E-state index contributed by atoms with van der Waals surface area (Å²) in [6, 6.07) is 8.94. The molecular formula is C15H17BrN2S2. The number of hydrogen-bond acceptors (Lipinski definition) is 4. The molecule has 20 heavy (non-hydrogen) atoms. The van der Waals surface area contributed by atoms with Crippen molar-refractivity contribution in [3.8, 4) is 0 Å². The molecule has 1 aromatic carbocycles. The molecule has 0 aliphatic heterocycles.